The quantitative estimate of drug-likeness (QED) is 0.408. The average Bonchev–Trinajstić information content (AvgIpc) is 3.31. The van der Waals surface area contributed by atoms with Gasteiger partial charge < -0.3 is 19.1 Å². The van der Waals surface area contributed by atoms with Crippen LogP contribution in [-0.4, -0.2) is 27.7 Å². The van der Waals surface area contributed by atoms with Gasteiger partial charge in [0.05, 0.1) is 18.4 Å². The molecule has 11 heteroatoms. The van der Waals surface area contributed by atoms with Crippen LogP contribution in [0.5, 0.6) is 5.75 Å². The molecular formula is C25H21F3N4O4. The minimum atomic E-state index is -4.65. The lowest BCUT2D eigenvalue weighted by molar-refractivity contribution is -0.137. The van der Waals surface area contributed by atoms with Gasteiger partial charge in [-0.3, -0.25) is 9.59 Å². The molecule has 0 aliphatic heterocycles. The van der Waals surface area contributed by atoms with E-state index in [1.165, 1.54) is 12.1 Å². The third kappa shape index (κ3) is 4.99. The van der Waals surface area contributed by atoms with Crippen LogP contribution in [0, 0.1) is 13.8 Å². The molecule has 2 heterocycles. The first-order chi connectivity index (χ1) is 17.1. The van der Waals surface area contributed by atoms with Crippen LogP contribution in [0.2, 0.25) is 0 Å². The first-order valence-corrected chi connectivity index (χ1v) is 10.7. The Morgan fingerprint density at radius 1 is 1.11 bits per heavy atom. The average molecular weight is 498 g/mol. The molecule has 0 radical (unpaired) electrons. The van der Waals surface area contributed by atoms with E-state index < -0.39 is 35.4 Å². The number of rotatable bonds is 6. The van der Waals surface area contributed by atoms with Crippen molar-refractivity contribution in [2.24, 2.45) is 0 Å². The fraction of sp³-hybridized carbons (Fsp3) is 0.200. The number of ether oxygens (including phenoxy) is 1. The van der Waals surface area contributed by atoms with Gasteiger partial charge in [0.1, 0.15) is 17.9 Å². The number of aryl methyl sites for hydroxylation is 2. The number of methoxy groups -OCH3 is 1. The maximum absolute atomic E-state index is 13.3. The summed E-state index contributed by atoms with van der Waals surface area (Å²) in [4.78, 5) is 30.3. The predicted molar refractivity (Wildman–Crippen MR) is 126 cm³/mol. The van der Waals surface area contributed by atoms with Crippen molar-refractivity contribution in [2.45, 2.75) is 26.6 Å². The number of alkyl halides is 3. The van der Waals surface area contributed by atoms with Crippen LogP contribution >= 0.6 is 0 Å². The summed E-state index contributed by atoms with van der Waals surface area (Å²) >= 11 is 0. The molecule has 0 atom stereocenters. The summed E-state index contributed by atoms with van der Waals surface area (Å²) in [6.07, 6.45) is -4.65. The standard InChI is InChI=1S/C25H21F3N4O4/c1-14-12-15(2)32(13-20(33)29-19-7-5-4-6-18(19)25(26,27)28)24(34)21(14)23-30-22(31-36-23)16-8-10-17(35-3)11-9-16/h4-12H,13H2,1-3H3,(H,29,33). The second kappa shape index (κ2) is 9.68. The summed E-state index contributed by atoms with van der Waals surface area (Å²) in [6, 6.07) is 13.2. The third-order valence-electron chi connectivity index (χ3n) is 5.50. The van der Waals surface area contributed by atoms with E-state index in [2.05, 4.69) is 15.5 Å². The molecule has 36 heavy (non-hydrogen) atoms. The molecular weight excluding hydrogens is 477 g/mol. The number of benzene rings is 2. The molecule has 0 aliphatic carbocycles. The largest absolute Gasteiger partial charge is 0.497 e. The molecule has 0 bridgehead atoms. The van der Waals surface area contributed by atoms with E-state index in [4.69, 9.17) is 9.26 Å². The number of aromatic nitrogens is 3. The van der Waals surface area contributed by atoms with Crippen LogP contribution in [0.1, 0.15) is 16.8 Å². The summed E-state index contributed by atoms with van der Waals surface area (Å²) in [5.74, 6) is 0.0620. The zero-order valence-corrected chi connectivity index (χ0v) is 19.5. The topological polar surface area (TPSA) is 99.3 Å². The maximum Gasteiger partial charge on any atom is 0.418 e. The minimum Gasteiger partial charge on any atom is -0.497 e. The predicted octanol–water partition coefficient (Wildman–Crippen LogP) is 4.85. The summed E-state index contributed by atoms with van der Waals surface area (Å²) in [5.41, 5.74) is -0.249. The number of halogens is 3. The third-order valence-corrected chi connectivity index (χ3v) is 5.50. The summed E-state index contributed by atoms with van der Waals surface area (Å²) in [6.45, 7) is 2.79. The smallest absolute Gasteiger partial charge is 0.418 e. The molecule has 186 valence electrons. The fourth-order valence-corrected chi connectivity index (χ4v) is 3.74. The Labute approximate surface area is 203 Å². The van der Waals surface area contributed by atoms with E-state index in [1.54, 1.807) is 51.3 Å². The van der Waals surface area contributed by atoms with Gasteiger partial charge in [0.15, 0.2) is 0 Å². The molecule has 1 N–H and O–H groups in total. The molecule has 0 unspecified atom stereocenters. The number of anilines is 1. The molecule has 0 saturated heterocycles. The van der Waals surface area contributed by atoms with Crippen LogP contribution in [0.15, 0.2) is 63.9 Å². The molecule has 0 fully saturated rings. The molecule has 0 aliphatic rings. The van der Waals surface area contributed by atoms with Gasteiger partial charge in [-0.15, -0.1) is 0 Å². The SMILES string of the molecule is COc1ccc(-c2noc(-c3c(C)cc(C)n(CC(=O)Nc4ccccc4C(F)(F)F)c3=O)n2)cc1. The fourth-order valence-electron chi connectivity index (χ4n) is 3.74. The molecule has 4 rings (SSSR count). The van der Waals surface area contributed by atoms with Gasteiger partial charge in [0, 0.05) is 11.3 Å². The Kier molecular flexibility index (Phi) is 6.65. The zero-order valence-electron chi connectivity index (χ0n) is 19.5. The zero-order chi connectivity index (χ0) is 26.0. The number of pyridine rings is 1. The van der Waals surface area contributed by atoms with Crippen LogP contribution in [0.25, 0.3) is 22.8 Å². The van der Waals surface area contributed by atoms with E-state index in [-0.39, 0.29) is 17.3 Å². The van der Waals surface area contributed by atoms with Crippen molar-refractivity contribution in [2.75, 3.05) is 12.4 Å². The van der Waals surface area contributed by atoms with Gasteiger partial charge in [-0.05, 0) is 61.9 Å². The second-order valence-corrected chi connectivity index (χ2v) is 7.98. The highest BCUT2D eigenvalue weighted by Crippen LogP contribution is 2.34. The van der Waals surface area contributed by atoms with Gasteiger partial charge in [-0.2, -0.15) is 18.2 Å². The molecule has 0 saturated carbocycles. The Bertz CT molecular complexity index is 1470. The number of nitrogens with one attached hydrogen (secondary N) is 1. The molecule has 8 nitrogen and oxygen atoms in total. The highest BCUT2D eigenvalue weighted by molar-refractivity contribution is 5.91. The lowest BCUT2D eigenvalue weighted by Gasteiger charge is -2.15. The van der Waals surface area contributed by atoms with Crippen LogP contribution in [0.4, 0.5) is 18.9 Å². The number of carbonyl (C=O) groups excluding carboxylic acids is 1. The van der Waals surface area contributed by atoms with E-state index >= 15 is 0 Å². The highest BCUT2D eigenvalue weighted by Gasteiger charge is 2.33. The first-order valence-electron chi connectivity index (χ1n) is 10.7. The number of nitrogens with zero attached hydrogens (tertiary/aromatic N) is 3. The number of hydrogen-bond donors (Lipinski definition) is 1. The molecule has 2 aromatic heterocycles. The Morgan fingerprint density at radius 2 is 1.81 bits per heavy atom. The van der Waals surface area contributed by atoms with Crippen LogP contribution in [-0.2, 0) is 17.5 Å². The van der Waals surface area contributed by atoms with Crippen molar-refractivity contribution >= 4 is 11.6 Å². The summed E-state index contributed by atoms with van der Waals surface area (Å²) in [5, 5.41) is 6.19. The van der Waals surface area contributed by atoms with Crippen molar-refractivity contribution in [1.29, 1.82) is 0 Å². The minimum absolute atomic E-state index is 0.0418. The normalized spacial score (nSPS) is 11.4. The molecule has 4 aromatic rings. The van der Waals surface area contributed by atoms with Crippen LogP contribution < -0.4 is 15.6 Å². The Balaban J connectivity index is 1.64. The maximum atomic E-state index is 13.3. The van der Waals surface area contributed by atoms with E-state index in [0.717, 1.165) is 16.7 Å². The van der Waals surface area contributed by atoms with Crippen molar-refractivity contribution in [3.8, 4) is 28.6 Å². The van der Waals surface area contributed by atoms with Crippen molar-refractivity contribution in [3.05, 3.63) is 81.8 Å². The van der Waals surface area contributed by atoms with Crippen molar-refractivity contribution in [3.63, 3.8) is 0 Å². The molecule has 0 spiro atoms. The second-order valence-electron chi connectivity index (χ2n) is 7.98. The monoisotopic (exact) mass is 498 g/mol. The summed E-state index contributed by atoms with van der Waals surface area (Å²) in [7, 11) is 1.54. The number of para-hydroxylation sites is 1. The van der Waals surface area contributed by atoms with Gasteiger partial charge in [0.25, 0.3) is 11.4 Å². The lowest BCUT2D eigenvalue weighted by atomic mass is 10.1. The number of amides is 1. The summed E-state index contributed by atoms with van der Waals surface area (Å²) < 4.78 is 51.4. The first kappa shape index (κ1) is 24.7. The van der Waals surface area contributed by atoms with Gasteiger partial charge >= 0.3 is 6.18 Å². The van der Waals surface area contributed by atoms with E-state index in [1.807, 2.05) is 0 Å². The van der Waals surface area contributed by atoms with Crippen molar-refractivity contribution < 1.29 is 27.2 Å². The Morgan fingerprint density at radius 3 is 2.47 bits per heavy atom. The van der Waals surface area contributed by atoms with E-state index in [0.29, 0.717) is 22.6 Å². The molecule has 2 aromatic carbocycles. The Hall–Kier alpha value is -4.41. The lowest BCUT2D eigenvalue weighted by Crippen LogP contribution is -2.31. The van der Waals surface area contributed by atoms with Gasteiger partial charge in [0.2, 0.25) is 11.7 Å². The van der Waals surface area contributed by atoms with Crippen LogP contribution in [0.3, 0.4) is 0 Å². The molecule has 1 amide bonds. The van der Waals surface area contributed by atoms with Gasteiger partial charge in [-0.1, -0.05) is 17.3 Å². The number of carbonyl (C=O) groups is 1. The number of hydrogen-bond acceptors (Lipinski definition) is 6. The van der Waals surface area contributed by atoms with Crippen molar-refractivity contribution in [1.82, 2.24) is 14.7 Å². The van der Waals surface area contributed by atoms with Gasteiger partial charge in [-0.25, -0.2) is 0 Å². The van der Waals surface area contributed by atoms with E-state index in [9.17, 15) is 22.8 Å². The highest BCUT2D eigenvalue weighted by atomic mass is 19.4.